The molecule has 1 aromatic carbocycles. The van der Waals surface area contributed by atoms with Gasteiger partial charge in [0.05, 0.1) is 4.87 Å². The third kappa shape index (κ3) is 3.51. The number of hydrogen-bond acceptors (Lipinski definition) is 3. The second-order valence-electron chi connectivity index (χ2n) is 6.00. The summed E-state index contributed by atoms with van der Waals surface area (Å²) < 4.78 is -0.0930. The highest BCUT2D eigenvalue weighted by Gasteiger charge is 2.48. The van der Waals surface area contributed by atoms with Crippen molar-refractivity contribution in [3.63, 3.8) is 0 Å². The van der Waals surface area contributed by atoms with Gasteiger partial charge in [0.25, 0.3) is 0 Å². The summed E-state index contributed by atoms with van der Waals surface area (Å²) in [5, 5.41) is 6.43. The summed E-state index contributed by atoms with van der Waals surface area (Å²) in [6, 6.07) is 9.83. The van der Waals surface area contributed by atoms with Gasteiger partial charge in [-0.05, 0) is 33.3 Å². The van der Waals surface area contributed by atoms with Crippen LogP contribution in [0.2, 0.25) is 0 Å². The Balaban J connectivity index is 1.97. The summed E-state index contributed by atoms with van der Waals surface area (Å²) in [7, 11) is 0. The van der Waals surface area contributed by atoms with E-state index in [1.165, 1.54) is 0 Å². The van der Waals surface area contributed by atoms with Crippen LogP contribution in [0.4, 0.5) is 0 Å². The van der Waals surface area contributed by atoms with E-state index in [1.807, 2.05) is 42.1 Å². The molecule has 0 bridgehead atoms. The first-order chi connectivity index (χ1) is 8.80. The summed E-state index contributed by atoms with van der Waals surface area (Å²) >= 11 is 1.81. The molecule has 1 aliphatic rings. The first-order valence-corrected chi connectivity index (χ1v) is 7.41. The van der Waals surface area contributed by atoms with Crippen molar-refractivity contribution >= 4 is 17.7 Å². The van der Waals surface area contributed by atoms with E-state index >= 15 is 0 Å². The van der Waals surface area contributed by atoms with Crippen LogP contribution in [0.3, 0.4) is 0 Å². The molecule has 1 aromatic rings. The van der Waals surface area contributed by atoms with Gasteiger partial charge in [-0.2, -0.15) is 0 Å². The Kier molecular flexibility index (Phi) is 3.92. The minimum atomic E-state index is -0.156. The van der Waals surface area contributed by atoms with Crippen LogP contribution in [0.1, 0.15) is 33.3 Å². The molecule has 3 nitrogen and oxygen atoms in total. The Morgan fingerprint density at radius 2 is 1.89 bits per heavy atom. The molecular weight excluding hydrogens is 256 g/mol. The maximum absolute atomic E-state index is 12.3. The van der Waals surface area contributed by atoms with Crippen molar-refractivity contribution in [1.29, 1.82) is 0 Å². The van der Waals surface area contributed by atoms with Crippen molar-refractivity contribution in [2.45, 2.75) is 49.9 Å². The van der Waals surface area contributed by atoms with Crippen LogP contribution in [0, 0.1) is 0 Å². The Hall–Kier alpha value is -1.00. The smallest absolute Gasteiger partial charge is 0.238 e. The van der Waals surface area contributed by atoms with Crippen molar-refractivity contribution in [3.05, 3.63) is 35.9 Å². The molecule has 0 radical (unpaired) electrons. The summed E-state index contributed by atoms with van der Waals surface area (Å²) in [5.41, 5.74) is 1.12. The number of thioether (sulfide) groups is 1. The van der Waals surface area contributed by atoms with E-state index in [9.17, 15) is 4.79 Å². The number of nitrogens with one attached hydrogen (secondary N) is 2. The Morgan fingerprint density at radius 1 is 1.26 bits per heavy atom. The number of benzene rings is 1. The van der Waals surface area contributed by atoms with Crippen molar-refractivity contribution in [2.24, 2.45) is 0 Å². The Morgan fingerprint density at radius 3 is 2.42 bits per heavy atom. The van der Waals surface area contributed by atoms with Gasteiger partial charge in [0, 0.05) is 11.3 Å². The molecule has 1 aliphatic heterocycles. The average Bonchev–Trinajstić information content (AvgIpc) is 2.56. The molecule has 1 fully saturated rings. The second kappa shape index (κ2) is 5.17. The fourth-order valence-corrected chi connectivity index (χ4v) is 4.31. The van der Waals surface area contributed by atoms with Gasteiger partial charge < -0.3 is 5.32 Å². The van der Waals surface area contributed by atoms with Crippen LogP contribution in [-0.2, 0) is 11.3 Å². The highest BCUT2D eigenvalue weighted by molar-refractivity contribution is 8.02. The SMILES string of the molecule is CC1(C)NC(C(=O)NCc2ccccc2)C(C)(C)S1. The third-order valence-corrected chi connectivity index (χ3v) is 4.67. The third-order valence-electron chi connectivity index (χ3n) is 3.28. The van der Waals surface area contributed by atoms with Crippen LogP contribution in [0.5, 0.6) is 0 Å². The lowest BCUT2D eigenvalue weighted by atomic mass is 10.0. The second-order valence-corrected chi connectivity index (χ2v) is 8.27. The van der Waals surface area contributed by atoms with Gasteiger partial charge in [-0.3, -0.25) is 10.1 Å². The predicted octanol–water partition coefficient (Wildman–Crippen LogP) is 2.52. The average molecular weight is 278 g/mol. The molecule has 1 unspecified atom stereocenters. The van der Waals surface area contributed by atoms with E-state index in [0.29, 0.717) is 6.54 Å². The van der Waals surface area contributed by atoms with Crippen molar-refractivity contribution in [2.75, 3.05) is 0 Å². The summed E-state index contributed by atoms with van der Waals surface area (Å²) in [4.78, 5) is 12.3. The van der Waals surface area contributed by atoms with Gasteiger partial charge in [0.15, 0.2) is 0 Å². The van der Waals surface area contributed by atoms with E-state index in [1.54, 1.807) is 0 Å². The molecule has 0 spiro atoms. The monoisotopic (exact) mass is 278 g/mol. The van der Waals surface area contributed by atoms with Gasteiger partial charge in [0.2, 0.25) is 5.91 Å². The highest BCUT2D eigenvalue weighted by Crippen LogP contribution is 2.44. The molecule has 1 saturated heterocycles. The van der Waals surface area contributed by atoms with Gasteiger partial charge in [-0.25, -0.2) is 0 Å². The lowest BCUT2D eigenvalue weighted by molar-refractivity contribution is -0.123. The molecule has 0 aromatic heterocycles. The van der Waals surface area contributed by atoms with Gasteiger partial charge >= 0.3 is 0 Å². The summed E-state index contributed by atoms with van der Waals surface area (Å²) in [6.07, 6.45) is 0. The maximum atomic E-state index is 12.3. The van der Waals surface area contributed by atoms with Crippen LogP contribution in [-0.4, -0.2) is 21.6 Å². The lowest BCUT2D eigenvalue weighted by Gasteiger charge is -2.24. The van der Waals surface area contributed by atoms with Gasteiger partial charge in [0.1, 0.15) is 6.04 Å². The summed E-state index contributed by atoms with van der Waals surface area (Å²) in [5.74, 6) is 0.0759. The molecule has 0 aliphatic carbocycles. The number of rotatable bonds is 3. The molecule has 1 heterocycles. The van der Waals surface area contributed by atoms with Gasteiger partial charge in [-0.15, -0.1) is 11.8 Å². The summed E-state index contributed by atoms with van der Waals surface area (Å²) in [6.45, 7) is 9.05. The normalized spacial score (nSPS) is 24.1. The number of amides is 1. The fraction of sp³-hybridized carbons (Fsp3) is 0.533. The first-order valence-electron chi connectivity index (χ1n) is 6.60. The molecule has 2 rings (SSSR count). The van der Waals surface area contributed by atoms with E-state index in [-0.39, 0.29) is 21.6 Å². The van der Waals surface area contributed by atoms with Crippen LogP contribution in [0.25, 0.3) is 0 Å². The molecule has 4 heteroatoms. The minimum Gasteiger partial charge on any atom is -0.351 e. The maximum Gasteiger partial charge on any atom is 0.238 e. The van der Waals surface area contributed by atoms with Crippen LogP contribution >= 0.6 is 11.8 Å². The minimum absolute atomic E-state index is 0.0573. The fourth-order valence-electron chi connectivity index (χ4n) is 2.54. The standard InChI is InChI=1S/C15H22N2OS/c1-14(2)12(17-15(3,4)19-14)13(18)16-10-11-8-6-5-7-9-11/h5-9,12,17H,10H2,1-4H3,(H,16,18). The Bertz CT molecular complexity index is 456. The number of carbonyl (C=O) groups is 1. The molecule has 1 atom stereocenters. The van der Waals surface area contributed by atoms with Crippen molar-refractivity contribution in [3.8, 4) is 0 Å². The Labute approximate surface area is 119 Å². The van der Waals surface area contributed by atoms with Crippen molar-refractivity contribution < 1.29 is 4.79 Å². The first kappa shape index (κ1) is 14.4. The highest BCUT2D eigenvalue weighted by atomic mass is 32.2. The molecule has 0 saturated carbocycles. The van der Waals surface area contributed by atoms with Gasteiger partial charge in [-0.1, -0.05) is 30.3 Å². The molecule has 1 amide bonds. The predicted molar refractivity (Wildman–Crippen MR) is 81.0 cm³/mol. The number of hydrogen-bond donors (Lipinski definition) is 2. The lowest BCUT2D eigenvalue weighted by Crippen LogP contribution is -2.51. The van der Waals surface area contributed by atoms with Crippen LogP contribution in [0.15, 0.2) is 30.3 Å². The zero-order valence-corrected chi connectivity index (χ0v) is 12.8. The van der Waals surface area contributed by atoms with Crippen LogP contribution < -0.4 is 10.6 Å². The zero-order valence-electron chi connectivity index (χ0n) is 12.0. The molecule has 2 N–H and O–H groups in total. The topological polar surface area (TPSA) is 41.1 Å². The van der Waals surface area contributed by atoms with E-state index in [4.69, 9.17) is 0 Å². The molecule has 104 valence electrons. The van der Waals surface area contributed by atoms with E-state index < -0.39 is 0 Å². The van der Waals surface area contributed by atoms with E-state index in [2.05, 4.69) is 38.3 Å². The molecule has 19 heavy (non-hydrogen) atoms. The largest absolute Gasteiger partial charge is 0.351 e. The zero-order chi connectivity index (χ0) is 14.1. The number of carbonyl (C=O) groups excluding carboxylic acids is 1. The quantitative estimate of drug-likeness (QED) is 0.892. The van der Waals surface area contributed by atoms with Crippen molar-refractivity contribution in [1.82, 2.24) is 10.6 Å². The van der Waals surface area contributed by atoms with E-state index in [0.717, 1.165) is 5.56 Å². The molecular formula is C15H22N2OS.